The Bertz CT molecular complexity index is 1570. The molecule has 1 aliphatic heterocycles. The van der Waals surface area contributed by atoms with Crippen LogP contribution in [0.4, 0.5) is 15.9 Å². The molecule has 8 nitrogen and oxygen atoms in total. The zero-order valence-electron chi connectivity index (χ0n) is 21.0. The van der Waals surface area contributed by atoms with Gasteiger partial charge in [0.05, 0.1) is 34.9 Å². The van der Waals surface area contributed by atoms with Crippen molar-refractivity contribution in [2.24, 2.45) is 0 Å². The number of benzene rings is 3. The number of carbonyl (C=O) groups is 2. The van der Waals surface area contributed by atoms with E-state index < -0.39 is 5.82 Å². The minimum absolute atomic E-state index is 0.000802. The van der Waals surface area contributed by atoms with E-state index in [9.17, 15) is 14.0 Å². The van der Waals surface area contributed by atoms with Crippen LogP contribution in [0.5, 0.6) is 11.5 Å². The van der Waals surface area contributed by atoms with Crippen molar-refractivity contribution in [2.75, 3.05) is 12.4 Å². The molecule has 4 aromatic rings. The van der Waals surface area contributed by atoms with Crippen molar-refractivity contribution in [3.05, 3.63) is 82.9 Å². The number of nitrogens with one attached hydrogen (secondary N) is 1. The van der Waals surface area contributed by atoms with Gasteiger partial charge in [-0.25, -0.2) is 14.4 Å². The number of anilines is 2. The SMILES string of the molecule is COc1cc2ncnc(Nc3ccc(F)c(Cl)c3)c2cc1O[C@H]1CC[C@@H](N2C(=O)c3ccccc3C2=O)CC1. The molecule has 2 aliphatic rings. The Hall–Kier alpha value is -4.24. The number of fused-ring (bicyclic) bond motifs is 2. The van der Waals surface area contributed by atoms with Gasteiger partial charge in [0.2, 0.25) is 0 Å². The normalized spacial score (nSPS) is 18.8. The number of imide groups is 1. The number of aromatic nitrogens is 2. The monoisotopic (exact) mass is 546 g/mol. The molecule has 10 heteroatoms. The lowest BCUT2D eigenvalue weighted by atomic mass is 9.91. The molecule has 2 heterocycles. The van der Waals surface area contributed by atoms with E-state index in [2.05, 4.69) is 15.3 Å². The van der Waals surface area contributed by atoms with Gasteiger partial charge in [-0.05, 0) is 62.1 Å². The Morgan fingerprint density at radius 1 is 0.949 bits per heavy atom. The number of ether oxygens (including phenoxy) is 2. The van der Waals surface area contributed by atoms with Gasteiger partial charge < -0.3 is 14.8 Å². The Morgan fingerprint density at radius 3 is 2.33 bits per heavy atom. The summed E-state index contributed by atoms with van der Waals surface area (Å²) in [6.07, 6.45) is 3.93. The summed E-state index contributed by atoms with van der Waals surface area (Å²) in [6.45, 7) is 0. The highest BCUT2D eigenvalue weighted by atomic mass is 35.5. The summed E-state index contributed by atoms with van der Waals surface area (Å²) in [5, 5.41) is 3.86. The van der Waals surface area contributed by atoms with Gasteiger partial charge in [0.15, 0.2) is 11.5 Å². The van der Waals surface area contributed by atoms with Crippen LogP contribution < -0.4 is 14.8 Å². The third-order valence-corrected chi connectivity index (χ3v) is 7.52. The van der Waals surface area contributed by atoms with E-state index in [1.54, 1.807) is 43.5 Å². The second-order valence-electron chi connectivity index (χ2n) is 9.57. The molecule has 3 aromatic carbocycles. The maximum absolute atomic E-state index is 13.6. The first-order valence-corrected chi connectivity index (χ1v) is 13.0. The predicted octanol–water partition coefficient (Wildman–Crippen LogP) is 6.16. The molecule has 2 amide bonds. The average molecular weight is 547 g/mol. The van der Waals surface area contributed by atoms with Gasteiger partial charge in [0.25, 0.3) is 11.8 Å². The van der Waals surface area contributed by atoms with Crippen molar-refractivity contribution in [1.29, 1.82) is 0 Å². The zero-order chi connectivity index (χ0) is 27.1. The van der Waals surface area contributed by atoms with Crippen molar-refractivity contribution in [1.82, 2.24) is 14.9 Å². The highest BCUT2D eigenvalue weighted by molar-refractivity contribution is 6.31. The standard InChI is InChI=1S/C29H24ClFN4O4/c1-38-25-14-24-21(27(33-15-32-24)34-16-6-11-23(31)22(30)12-16)13-26(25)39-18-9-7-17(8-10-18)35-28(36)19-4-2-3-5-20(19)29(35)37/h2-6,11-15,17-18H,7-10H2,1H3,(H,32,33,34)/t17-,18+. The molecular formula is C29H24ClFN4O4. The van der Waals surface area contributed by atoms with E-state index in [0.29, 0.717) is 70.7 Å². The number of methoxy groups -OCH3 is 1. The molecule has 0 unspecified atom stereocenters. The lowest BCUT2D eigenvalue weighted by Crippen LogP contribution is -2.43. The van der Waals surface area contributed by atoms with Crippen molar-refractivity contribution >= 4 is 45.8 Å². The molecule has 39 heavy (non-hydrogen) atoms. The molecule has 1 saturated carbocycles. The fraction of sp³-hybridized carbons (Fsp3) is 0.241. The van der Waals surface area contributed by atoms with E-state index in [4.69, 9.17) is 21.1 Å². The molecule has 1 fully saturated rings. The van der Waals surface area contributed by atoms with Gasteiger partial charge >= 0.3 is 0 Å². The fourth-order valence-corrected chi connectivity index (χ4v) is 5.45. The number of hydrogen-bond donors (Lipinski definition) is 1. The van der Waals surface area contributed by atoms with E-state index in [0.717, 1.165) is 0 Å². The quantitative estimate of drug-likeness (QED) is 0.289. The van der Waals surface area contributed by atoms with E-state index in [1.165, 1.54) is 23.4 Å². The van der Waals surface area contributed by atoms with Gasteiger partial charge in [0.1, 0.15) is 18.0 Å². The van der Waals surface area contributed by atoms with Crippen LogP contribution in [0.25, 0.3) is 10.9 Å². The number of carbonyl (C=O) groups excluding carboxylic acids is 2. The highest BCUT2D eigenvalue weighted by Crippen LogP contribution is 2.38. The number of amides is 2. The number of nitrogens with zero attached hydrogens (tertiary/aromatic N) is 3. The molecule has 1 aromatic heterocycles. The molecule has 198 valence electrons. The molecule has 6 rings (SSSR count). The van der Waals surface area contributed by atoms with Crippen LogP contribution in [0.1, 0.15) is 46.4 Å². The summed E-state index contributed by atoms with van der Waals surface area (Å²) < 4.78 is 25.6. The van der Waals surface area contributed by atoms with Crippen LogP contribution in [0, 0.1) is 5.82 Å². The Kier molecular flexibility index (Phi) is 6.52. The van der Waals surface area contributed by atoms with Crippen molar-refractivity contribution in [3.63, 3.8) is 0 Å². The summed E-state index contributed by atoms with van der Waals surface area (Å²) >= 11 is 5.94. The largest absolute Gasteiger partial charge is 0.493 e. The number of hydrogen-bond acceptors (Lipinski definition) is 7. The summed E-state index contributed by atoms with van der Waals surface area (Å²) in [5.74, 6) is 0.610. The van der Waals surface area contributed by atoms with Crippen molar-refractivity contribution < 1.29 is 23.5 Å². The summed E-state index contributed by atoms with van der Waals surface area (Å²) in [6, 6.07) is 14.7. The minimum Gasteiger partial charge on any atom is -0.493 e. The molecule has 0 saturated heterocycles. The molecule has 0 bridgehead atoms. The van der Waals surface area contributed by atoms with Crippen LogP contribution in [0.15, 0.2) is 60.9 Å². The Balaban J connectivity index is 1.20. The van der Waals surface area contributed by atoms with Gasteiger partial charge in [-0.15, -0.1) is 0 Å². The number of halogens is 2. The van der Waals surface area contributed by atoms with Crippen LogP contribution in [0.3, 0.4) is 0 Å². The first-order chi connectivity index (χ1) is 18.9. The third kappa shape index (κ3) is 4.63. The van der Waals surface area contributed by atoms with Gasteiger partial charge in [-0.1, -0.05) is 23.7 Å². The maximum Gasteiger partial charge on any atom is 0.261 e. The Morgan fingerprint density at radius 2 is 1.67 bits per heavy atom. The molecule has 0 radical (unpaired) electrons. The smallest absolute Gasteiger partial charge is 0.261 e. The lowest BCUT2D eigenvalue weighted by Gasteiger charge is -2.33. The van der Waals surface area contributed by atoms with Crippen LogP contribution >= 0.6 is 11.6 Å². The molecule has 1 N–H and O–H groups in total. The first-order valence-electron chi connectivity index (χ1n) is 12.6. The fourth-order valence-electron chi connectivity index (χ4n) is 5.27. The van der Waals surface area contributed by atoms with Crippen LogP contribution in [-0.2, 0) is 0 Å². The van der Waals surface area contributed by atoms with Crippen molar-refractivity contribution in [3.8, 4) is 11.5 Å². The van der Waals surface area contributed by atoms with Gasteiger partial charge in [-0.3, -0.25) is 14.5 Å². The van der Waals surface area contributed by atoms with Crippen molar-refractivity contribution in [2.45, 2.75) is 37.8 Å². The maximum atomic E-state index is 13.6. The summed E-state index contributed by atoms with van der Waals surface area (Å²) in [5.41, 5.74) is 2.15. The van der Waals surface area contributed by atoms with Crippen LogP contribution in [-0.4, -0.2) is 45.9 Å². The van der Waals surface area contributed by atoms with Gasteiger partial charge in [0, 0.05) is 23.2 Å². The van der Waals surface area contributed by atoms with E-state index in [-0.39, 0.29) is 29.0 Å². The Labute approximate surface area is 228 Å². The van der Waals surface area contributed by atoms with E-state index in [1.807, 2.05) is 6.07 Å². The predicted molar refractivity (Wildman–Crippen MR) is 144 cm³/mol. The molecule has 1 aliphatic carbocycles. The van der Waals surface area contributed by atoms with Crippen LogP contribution in [0.2, 0.25) is 5.02 Å². The molecule has 0 atom stereocenters. The molecule has 0 spiro atoms. The van der Waals surface area contributed by atoms with E-state index >= 15 is 0 Å². The number of rotatable bonds is 6. The average Bonchev–Trinajstić information content (AvgIpc) is 3.21. The second-order valence-corrected chi connectivity index (χ2v) is 9.98. The summed E-state index contributed by atoms with van der Waals surface area (Å²) in [4.78, 5) is 35.9. The minimum atomic E-state index is -0.507. The molecular weight excluding hydrogens is 523 g/mol. The lowest BCUT2D eigenvalue weighted by molar-refractivity contribution is 0.0476. The van der Waals surface area contributed by atoms with Gasteiger partial charge in [-0.2, -0.15) is 0 Å². The summed E-state index contributed by atoms with van der Waals surface area (Å²) in [7, 11) is 1.56. The third-order valence-electron chi connectivity index (χ3n) is 7.23. The highest BCUT2D eigenvalue weighted by Gasteiger charge is 2.41. The first kappa shape index (κ1) is 25.1. The second kappa shape index (κ2) is 10.1. The zero-order valence-corrected chi connectivity index (χ0v) is 21.7. The topological polar surface area (TPSA) is 93.7 Å².